The van der Waals surface area contributed by atoms with Gasteiger partial charge in [0.2, 0.25) is 0 Å². The van der Waals surface area contributed by atoms with Gasteiger partial charge in [-0.3, -0.25) is 0 Å². The average Bonchev–Trinajstić information content (AvgIpc) is 3.36. The van der Waals surface area contributed by atoms with E-state index in [1.165, 1.54) is 38.5 Å². The summed E-state index contributed by atoms with van der Waals surface area (Å²) in [5.41, 5.74) is 2.16. The topological polar surface area (TPSA) is 55.4 Å². The third-order valence-electron chi connectivity index (χ3n) is 13.7. The second-order valence-electron chi connectivity index (χ2n) is 20.4. The Labute approximate surface area is 449 Å². The maximum atomic E-state index is 14.6. The molecule has 0 radical (unpaired) electrons. The van der Waals surface area contributed by atoms with E-state index in [4.69, 9.17) is 28.1 Å². The molecular weight excluding hydrogens is 1150 g/mol. The van der Waals surface area contributed by atoms with E-state index in [2.05, 4.69) is 33.9 Å². The fourth-order valence-corrected chi connectivity index (χ4v) is 8.62. The van der Waals surface area contributed by atoms with Crippen LogP contribution in [0.15, 0.2) is 78.9 Å². The van der Waals surface area contributed by atoms with E-state index in [0.717, 1.165) is 11.1 Å². The summed E-state index contributed by atoms with van der Waals surface area (Å²) in [5.74, 6) is -77.2. The van der Waals surface area contributed by atoms with Gasteiger partial charge in [-0.15, -0.1) is 0 Å². The summed E-state index contributed by atoms with van der Waals surface area (Å²) in [7, 11) is 0.815. The predicted octanol–water partition coefficient (Wildman–Crippen LogP) is 17.4. The number of rotatable bonds is 31. The number of methoxy groups -OCH3 is 2. The van der Waals surface area contributed by atoms with E-state index in [0.29, 0.717) is 36.5 Å². The Balaban J connectivity index is 1.82. The molecule has 0 unspecified atom stereocenters. The fourth-order valence-electron chi connectivity index (χ4n) is 7.54. The summed E-state index contributed by atoms with van der Waals surface area (Å²) in [5, 5.41) is -0.0894. The zero-order valence-electron chi connectivity index (χ0n) is 44.4. The average molecular weight is 1210 g/mol. The van der Waals surface area contributed by atoms with Crippen LogP contribution in [0.2, 0.25) is 18.1 Å². The lowest BCUT2D eigenvalue weighted by Gasteiger charge is -2.44. The van der Waals surface area contributed by atoms with Crippen molar-refractivity contribution in [2.24, 2.45) is 11.8 Å². The quantitative estimate of drug-likeness (QED) is 0.0364. The van der Waals surface area contributed by atoms with Gasteiger partial charge in [-0.25, -0.2) is 0 Å². The number of halogens is 21. The maximum absolute atomic E-state index is 14.6. The van der Waals surface area contributed by atoms with E-state index < -0.39 is 99.5 Å². The summed E-state index contributed by atoms with van der Waals surface area (Å²) in [6.45, 7) is 13.7. The van der Waals surface area contributed by atoms with E-state index in [-0.39, 0.29) is 35.8 Å². The Morgan fingerprint density at radius 2 is 1.00 bits per heavy atom. The fraction of sp³-hybridized carbons (Fsp3) is 0.615. The van der Waals surface area contributed by atoms with Crippen LogP contribution in [-0.4, -0.2) is 107 Å². The highest BCUT2D eigenvalue weighted by molar-refractivity contribution is 6.74. The molecule has 0 amide bonds. The van der Waals surface area contributed by atoms with Gasteiger partial charge in [0.25, 0.3) is 0 Å². The van der Waals surface area contributed by atoms with Crippen molar-refractivity contribution in [2.75, 3.05) is 27.4 Å². The largest absolute Gasteiger partial charge is 0.494 e. The minimum absolute atomic E-state index is 0.0831. The molecule has 0 bridgehead atoms. The van der Waals surface area contributed by atoms with Crippen molar-refractivity contribution in [3.63, 3.8) is 0 Å². The summed E-state index contributed by atoms with van der Waals surface area (Å²) < 4.78 is 326. The van der Waals surface area contributed by atoms with Gasteiger partial charge in [0.15, 0.2) is 19.8 Å². The van der Waals surface area contributed by atoms with Crippen LogP contribution in [-0.2, 0) is 27.1 Å². The molecule has 0 spiro atoms. The minimum Gasteiger partial charge on any atom is -0.494 e. The third kappa shape index (κ3) is 14.4. The van der Waals surface area contributed by atoms with Crippen molar-refractivity contribution < 1.29 is 120 Å². The molecule has 3 rings (SSSR count). The predicted molar refractivity (Wildman–Crippen MR) is 255 cm³/mol. The van der Waals surface area contributed by atoms with Gasteiger partial charge in [-0.1, -0.05) is 95.3 Å². The SMILES string of the molecule is COc1ccc(CO[C@H]([C@@H](C)[C@@H](CCCO[Si](C)(C)C(C)(C)C)OCc2ccc(OCCCC(F)(F)C(F)(F)C(F)(F)C(F)(F)C(F)(F)C(F)(F)C(F)(F)C(F)(F)C(F)(F)C(F)(F)F)cc2)[C@@H](C)/C=C\c2ccccc2)cc1OC. The molecule has 0 N–H and O–H groups in total. The highest BCUT2D eigenvalue weighted by atomic mass is 28.4. The molecule has 0 aromatic heterocycles. The number of hydrogen-bond donors (Lipinski definition) is 0. The molecule has 80 heavy (non-hydrogen) atoms. The highest BCUT2D eigenvalue weighted by Crippen LogP contribution is 2.66. The smallest absolute Gasteiger partial charge is 0.460 e. The molecule has 0 aliphatic heterocycles. The molecule has 456 valence electrons. The van der Waals surface area contributed by atoms with E-state index in [1.54, 1.807) is 12.1 Å². The van der Waals surface area contributed by atoms with Crippen molar-refractivity contribution in [1.29, 1.82) is 0 Å². The summed E-state index contributed by atoms with van der Waals surface area (Å²) in [4.78, 5) is 0. The van der Waals surface area contributed by atoms with Gasteiger partial charge in [-0.2, -0.15) is 92.2 Å². The molecule has 0 aliphatic rings. The standard InChI is InChI=1S/C52H61F21O6Si/c1-32(18-19-34-15-11-10-12-16-34)41(78-31-36-22-25-39(74-6)40(29-36)75-7)33(2)38(17-13-28-79-80(8,9)42(3,4)5)77-30-35-20-23-37(24-21-35)76-27-14-26-43(53,54)44(55,56)45(57,58)46(59,60)47(61,62)48(63,64)49(65,66)50(67,68)51(69,70)52(71,72)73/h10-12,15-16,18-25,29,32-33,38,41H,13-14,17,26-28,30-31H2,1-9H3/b19-18-/t32-,33-,38+,41-/m0/s1. The zero-order valence-corrected chi connectivity index (χ0v) is 45.4. The van der Waals surface area contributed by atoms with Gasteiger partial charge in [0, 0.05) is 24.9 Å². The Kier molecular flexibility index (Phi) is 22.2. The van der Waals surface area contributed by atoms with Crippen molar-refractivity contribution in [3.05, 3.63) is 95.6 Å². The van der Waals surface area contributed by atoms with Crippen LogP contribution in [0.5, 0.6) is 17.2 Å². The molecule has 6 nitrogen and oxygen atoms in total. The first-order valence-corrected chi connectivity index (χ1v) is 27.2. The van der Waals surface area contributed by atoms with Crippen molar-refractivity contribution in [2.45, 2.75) is 163 Å². The summed E-state index contributed by atoms with van der Waals surface area (Å²) >= 11 is 0. The van der Waals surface area contributed by atoms with Gasteiger partial charge in [0.05, 0.1) is 46.2 Å². The van der Waals surface area contributed by atoms with E-state index in [9.17, 15) is 92.2 Å². The number of hydrogen-bond acceptors (Lipinski definition) is 6. The van der Waals surface area contributed by atoms with Gasteiger partial charge in [-0.05, 0) is 78.4 Å². The normalized spacial score (nSPS) is 15.9. The molecule has 4 atom stereocenters. The van der Waals surface area contributed by atoms with Crippen molar-refractivity contribution >= 4 is 14.4 Å². The molecule has 0 saturated carbocycles. The van der Waals surface area contributed by atoms with Gasteiger partial charge >= 0.3 is 59.5 Å². The molecule has 0 aliphatic carbocycles. The molecule has 0 fully saturated rings. The van der Waals surface area contributed by atoms with Crippen LogP contribution in [0.3, 0.4) is 0 Å². The Morgan fingerprint density at radius 1 is 0.525 bits per heavy atom. The van der Waals surface area contributed by atoms with Gasteiger partial charge < -0.3 is 28.1 Å². The molecule has 3 aromatic rings. The lowest BCUT2D eigenvalue weighted by Crippen LogP contribution is -2.76. The maximum Gasteiger partial charge on any atom is 0.460 e. The first kappa shape index (κ1) is 69.7. The molecule has 0 heterocycles. The Hall–Kier alpha value is -4.57. The molecule has 3 aromatic carbocycles. The molecular formula is C52H61F21O6Si. The van der Waals surface area contributed by atoms with Crippen LogP contribution in [0.25, 0.3) is 6.08 Å². The number of ether oxygens (including phenoxy) is 5. The van der Waals surface area contributed by atoms with Crippen LogP contribution >= 0.6 is 0 Å². The number of alkyl halides is 21. The monoisotopic (exact) mass is 1210 g/mol. The van der Waals surface area contributed by atoms with Crippen molar-refractivity contribution in [3.8, 4) is 17.2 Å². The zero-order chi connectivity index (χ0) is 61.6. The number of benzene rings is 3. The molecule has 28 heteroatoms. The van der Waals surface area contributed by atoms with E-state index in [1.807, 2.05) is 62.4 Å². The van der Waals surface area contributed by atoms with Crippen molar-refractivity contribution in [1.82, 2.24) is 0 Å². The first-order valence-electron chi connectivity index (χ1n) is 24.3. The van der Waals surface area contributed by atoms with Gasteiger partial charge in [0.1, 0.15) is 5.75 Å². The molecule has 0 saturated heterocycles. The third-order valence-corrected chi connectivity index (χ3v) is 18.2. The lowest BCUT2D eigenvalue weighted by atomic mass is 9.85. The summed E-state index contributed by atoms with van der Waals surface area (Å²) in [6.07, 6.45) is -8.42. The van der Waals surface area contributed by atoms with E-state index >= 15 is 0 Å². The Morgan fingerprint density at radius 3 is 1.49 bits per heavy atom. The summed E-state index contributed by atoms with van der Waals surface area (Å²) in [6, 6.07) is 19.9. The second-order valence-corrected chi connectivity index (χ2v) is 25.3. The first-order chi connectivity index (χ1) is 36.3. The lowest BCUT2D eigenvalue weighted by molar-refractivity contribution is -0.474. The van der Waals surface area contributed by atoms with Crippen LogP contribution in [0.4, 0.5) is 92.2 Å². The van der Waals surface area contributed by atoms with Crippen LogP contribution in [0, 0.1) is 11.8 Å². The van der Waals surface area contributed by atoms with Crippen LogP contribution < -0.4 is 14.2 Å². The minimum atomic E-state index is -9.22. The Bertz CT molecular complexity index is 2450. The highest BCUT2D eigenvalue weighted by Gasteiger charge is 2.97. The second kappa shape index (κ2) is 25.5. The van der Waals surface area contributed by atoms with Crippen LogP contribution in [0.1, 0.15) is 77.0 Å².